The molecule has 7 heteroatoms. The number of hydrogen-bond acceptors (Lipinski definition) is 6. The van der Waals surface area contributed by atoms with Crippen LogP contribution in [0.1, 0.15) is 32.6 Å². The highest BCUT2D eigenvalue weighted by atomic mass is 32.1. The van der Waals surface area contributed by atoms with E-state index in [0.717, 1.165) is 16.2 Å². The molecule has 5 nitrogen and oxygen atoms in total. The minimum absolute atomic E-state index is 0.00537. The molecule has 1 aliphatic rings. The second-order valence-corrected chi connectivity index (χ2v) is 7.88. The fraction of sp³-hybridized carbons (Fsp3) is 0.263. The van der Waals surface area contributed by atoms with Crippen LogP contribution in [0.3, 0.4) is 0 Å². The number of amides is 1. The summed E-state index contributed by atoms with van der Waals surface area (Å²) in [4.78, 5) is 19.2. The predicted octanol–water partition coefficient (Wildman–Crippen LogP) is 3.89. The largest absolute Gasteiger partial charge is 0.472 e. The van der Waals surface area contributed by atoms with E-state index in [4.69, 9.17) is 9.47 Å². The summed E-state index contributed by atoms with van der Waals surface area (Å²) in [5.41, 5.74) is 0.534. The number of nitrogens with one attached hydrogen (secondary N) is 1. The molecule has 4 heterocycles. The average molecular weight is 386 g/mol. The first-order valence-electron chi connectivity index (χ1n) is 8.38. The maximum Gasteiger partial charge on any atom is 0.252 e. The van der Waals surface area contributed by atoms with Crippen molar-refractivity contribution in [3.63, 3.8) is 0 Å². The van der Waals surface area contributed by atoms with Gasteiger partial charge in [-0.15, -0.1) is 22.7 Å². The van der Waals surface area contributed by atoms with Crippen molar-refractivity contribution in [1.29, 1.82) is 0 Å². The SMILES string of the molecule is O=C(NC(c1cccs1)c1cccs1)c1ccnc(O[C@@H]2CCOC2)c1. The van der Waals surface area contributed by atoms with E-state index in [-0.39, 0.29) is 18.1 Å². The van der Waals surface area contributed by atoms with E-state index in [9.17, 15) is 4.79 Å². The van der Waals surface area contributed by atoms with Crippen molar-refractivity contribution in [3.05, 3.63) is 68.7 Å². The van der Waals surface area contributed by atoms with Crippen molar-refractivity contribution in [2.75, 3.05) is 13.2 Å². The Bertz CT molecular complexity index is 809. The Labute approximate surface area is 159 Å². The van der Waals surface area contributed by atoms with Gasteiger partial charge in [-0.3, -0.25) is 4.79 Å². The van der Waals surface area contributed by atoms with Gasteiger partial charge in [0.25, 0.3) is 5.91 Å². The Balaban J connectivity index is 1.51. The lowest BCUT2D eigenvalue weighted by Gasteiger charge is -2.17. The van der Waals surface area contributed by atoms with Gasteiger partial charge in [0, 0.05) is 34.0 Å². The van der Waals surface area contributed by atoms with Gasteiger partial charge in [0.05, 0.1) is 19.3 Å². The lowest BCUT2D eigenvalue weighted by Crippen LogP contribution is -2.28. The van der Waals surface area contributed by atoms with Crippen LogP contribution in [0.5, 0.6) is 5.88 Å². The standard InChI is InChI=1S/C19H18N2O3S2/c22-19(13-5-7-20-17(11-13)24-14-6-8-23-12-14)21-18(15-3-1-9-25-15)16-4-2-10-26-16/h1-5,7,9-11,14,18H,6,8,12H2,(H,21,22)/t14-/m1/s1. The zero-order valence-electron chi connectivity index (χ0n) is 14.0. The van der Waals surface area contributed by atoms with Gasteiger partial charge in [0.15, 0.2) is 0 Å². The van der Waals surface area contributed by atoms with Crippen LogP contribution < -0.4 is 10.1 Å². The van der Waals surface area contributed by atoms with E-state index in [1.165, 1.54) is 0 Å². The molecule has 3 aromatic heterocycles. The number of thiophene rings is 2. The van der Waals surface area contributed by atoms with E-state index in [2.05, 4.69) is 10.3 Å². The number of pyridine rings is 1. The van der Waals surface area contributed by atoms with Gasteiger partial charge in [-0.1, -0.05) is 12.1 Å². The van der Waals surface area contributed by atoms with Crippen LogP contribution in [-0.2, 0) is 4.74 Å². The Morgan fingerprint density at radius 1 is 1.23 bits per heavy atom. The third kappa shape index (κ3) is 3.95. The van der Waals surface area contributed by atoms with E-state index >= 15 is 0 Å². The van der Waals surface area contributed by atoms with Crippen molar-refractivity contribution in [2.24, 2.45) is 0 Å². The lowest BCUT2D eigenvalue weighted by molar-refractivity contribution is 0.0942. The zero-order chi connectivity index (χ0) is 17.8. The molecule has 1 saturated heterocycles. The summed E-state index contributed by atoms with van der Waals surface area (Å²) >= 11 is 3.26. The number of ether oxygens (including phenoxy) is 2. The molecular formula is C19H18N2O3S2. The maximum absolute atomic E-state index is 12.8. The predicted molar refractivity (Wildman–Crippen MR) is 102 cm³/mol. The van der Waals surface area contributed by atoms with Crippen molar-refractivity contribution >= 4 is 28.6 Å². The molecule has 3 aromatic rings. The number of hydrogen-bond donors (Lipinski definition) is 1. The summed E-state index contributed by atoms with van der Waals surface area (Å²) in [6, 6.07) is 11.3. The van der Waals surface area contributed by atoms with Crippen LogP contribution in [-0.4, -0.2) is 30.2 Å². The zero-order valence-corrected chi connectivity index (χ0v) is 15.6. The molecular weight excluding hydrogens is 368 g/mol. The van der Waals surface area contributed by atoms with Crippen LogP contribution in [0, 0.1) is 0 Å². The number of carbonyl (C=O) groups excluding carboxylic acids is 1. The number of nitrogens with zero attached hydrogens (tertiary/aromatic N) is 1. The molecule has 0 bridgehead atoms. The molecule has 0 spiro atoms. The van der Waals surface area contributed by atoms with Gasteiger partial charge < -0.3 is 14.8 Å². The van der Waals surface area contributed by atoms with Crippen LogP contribution in [0.2, 0.25) is 0 Å². The normalized spacial score (nSPS) is 16.7. The minimum Gasteiger partial charge on any atom is -0.472 e. The fourth-order valence-electron chi connectivity index (χ4n) is 2.80. The molecule has 26 heavy (non-hydrogen) atoms. The molecule has 0 unspecified atom stereocenters. The molecule has 0 saturated carbocycles. The summed E-state index contributed by atoms with van der Waals surface area (Å²) in [5, 5.41) is 7.17. The summed E-state index contributed by atoms with van der Waals surface area (Å²) < 4.78 is 11.1. The smallest absolute Gasteiger partial charge is 0.252 e. The highest BCUT2D eigenvalue weighted by Crippen LogP contribution is 2.29. The van der Waals surface area contributed by atoms with Crippen molar-refractivity contribution in [3.8, 4) is 5.88 Å². The molecule has 1 N–H and O–H groups in total. The molecule has 0 aliphatic carbocycles. The quantitative estimate of drug-likeness (QED) is 0.698. The van der Waals surface area contributed by atoms with E-state index in [1.54, 1.807) is 41.0 Å². The first-order valence-corrected chi connectivity index (χ1v) is 10.1. The molecule has 0 aromatic carbocycles. The van der Waals surface area contributed by atoms with Crippen molar-refractivity contribution in [1.82, 2.24) is 10.3 Å². The molecule has 4 rings (SSSR count). The molecule has 1 atom stereocenters. The van der Waals surface area contributed by atoms with Gasteiger partial charge in [0.2, 0.25) is 5.88 Å². The number of carbonyl (C=O) groups is 1. The van der Waals surface area contributed by atoms with Crippen LogP contribution in [0.4, 0.5) is 0 Å². The van der Waals surface area contributed by atoms with Gasteiger partial charge >= 0.3 is 0 Å². The minimum atomic E-state index is -0.150. The molecule has 134 valence electrons. The fourth-order valence-corrected chi connectivity index (χ4v) is 4.46. The third-order valence-corrected chi connectivity index (χ3v) is 5.98. The number of aromatic nitrogens is 1. The van der Waals surface area contributed by atoms with Crippen LogP contribution in [0.25, 0.3) is 0 Å². The average Bonchev–Trinajstić information content (AvgIpc) is 3.42. The van der Waals surface area contributed by atoms with E-state index in [0.29, 0.717) is 24.7 Å². The topological polar surface area (TPSA) is 60.5 Å². The summed E-state index contributed by atoms with van der Waals surface area (Å²) in [7, 11) is 0. The summed E-state index contributed by atoms with van der Waals surface area (Å²) in [5.74, 6) is 0.309. The van der Waals surface area contributed by atoms with Crippen molar-refractivity contribution < 1.29 is 14.3 Å². The molecule has 1 fully saturated rings. The Morgan fingerprint density at radius 2 is 2.00 bits per heavy atom. The Kier molecular flexibility index (Phi) is 5.29. The molecule has 0 radical (unpaired) electrons. The van der Waals surface area contributed by atoms with Gasteiger partial charge in [-0.05, 0) is 29.0 Å². The first kappa shape index (κ1) is 17.2. The molecule has 1 amide bonds. The number of rotatable bonds is 6. The summed E-state index contributed by atoms with van der Waals surface area (Å²) in [6.45, 7) is 1.27. The van der Waals surface area contributed by atoms with Crippen LogP contribution >= 0.6 is 22.7 Å². The Morgan fingerprint density at radius 3 is 2.62 bits per heavy atom. The van der Waals surface area contributed by atoms with Gasteiger partial charge in [0.1, 0.15) is 6.10 Å². The highest BCUT2D eigenvalue weighted by Gasteiger charge is 2.21. The van der Waals surface area contributed by atoms with Crippen molar-refractivity contribution in [2.45, 2.75) is 18.6 Å². The second kappa shape index (κ2) is 7.99. The maximum atomic E-state index is 12.8. The monoisotopic (exact) mass is 386 g/mol. The third-order valence-electron chi connectivity index (χ3n) is 4.10. The molecule has 1 aliphatic heterocycles. The van der Waals surface area contributed by atoms with Crippen LogP contribution in [0.15, 0.2) is 53.4 Å². The van der Waals surface area contributed by atoms with Gasteiger partial charge in [-0.2, -0.15) is 0 Å². The highest BCUT2D eigenvalue weighted by molar-refractivity contribution is 7.11. The second-order valence-electron chi connectivity index (χ2n) is 5.92. The van der Waals surface area contributed by atoms with E-state index in [1.807, 2.05) is 35.0 Å². The lowest BCUT2D eigenvalue weighted by atomic mass is 10.1. The Hall–Kier alpha value is -2.22. The van der Waals surface area contributed by atoms with E-state index < -0.39 is 0 Å². The summed E-state index contributed by atoms with van der Waals surface area (Å²) in [6.07, 6.45) is 2.45. The first-order chi connectivity index (χ1) is 12.8. The van der Waals surface area contributed by atoms with Gasteiger partial charge in [-0.25, -0.2) is 4.98 Å².